The van der Waals surface area contributed by atoms with Crippen molar-refractivity contribution in [2.45, 2.75) is 6.92 Å². The van der Waals surface area contributed by atoms with Crippen molar-refractivity contribution in [2.24, 2.45) is 0 Å². The van der Waals surface area contributed by atoms with Gasteiger partial charge in [-0.1, -0.05) is 0 Å². The first-order valence-corrected chi connectivity index (χ1v) is 5.71. The van der Waals surface area contributed by atoms with Gasteiger partial charge in [-0.3, -0.25) is 9.97 Å². The number of nitrogens with zero attached hydrogens (tertiary/aromatic N) is 2. The first-order chi connectivity index (χ1) is 9.24. The van der Waals surface area contributed by atoms with Crippen LogP contribution >= 0.6 is 0 Å². The Balaban J connectivity index is 1.89. The van der Waals surface area contributed by atoms with Crippen molar-refractivity contribution in [3.8, 4) is 5.75 Å². The number of fused-ring (bicyclic) bond motifs is 1. The molecule has 0 aliphatic carbocycles. The molecule has 5 nitrogen and oxygen atoms in total. The van der Waals surface area contributed by atoms with Crippen LogP contribution < -0.4 is 4.74 Å². The third kappa shape index (κ3) is 2.18. The molecule has 19 heavy (non-hydrogen) atoms. The van der Waals surface area contributed by atoms with E-state index in [1.165, 1.54) is 6.26 Å². The molecule has 0 atom stereocenters. The molecule has 0 bridgehead atoms. The van der Waals surface area contributed by atoms with Gasteiger partial charge in [0.25, 0.3) is 0 Å². The first-order valence-electron chi connectivity index (χ1n) is 5.71. The standard InChI is InChI=1S/C14H10N2O3/c1-9-11(4-7-18-9)14(17)19-10-2-3-12-13(8-10)16-6-5-15-12/h2-8H,1H3. The number of aromatic nitrogens is 2. The summed E-state index contributed by atoms with van der Waals surface area (Å²) in [5.41, 5.74) is 1.85. The molecule has 2 aromatic heterocycles. The lowest BCUT2D eigenvalue weighted by atomic mass is 10.2. The number of esters is 1. The van der Waals surface area contributed by atoms with Crippen LogP contribution in [0.2, 0.25) is 0 Å². The minimum atomic E-state index is -0.450. The van der Waals surface area contributed by atoms with Crippen LogP contribution in [0.1, 0.15) is 16.1 Å². The van der Waals surface area contributed by atoms with E-state index in [1.807, 2.05) is 0 Å². The van der Waals surface area contributed by atoms with Crippen LogP contribution in [-0.2, 0) is 0 Å². The molecule has 0 fully saturated rings. The van der Waals surface area contributed by atoms with Gasteiger partial charge in [-0.2, -0.15) is 0 Å². The molecule has 94 valence electrons. The van der Waals surface area contributed by atoms with E-state index in [2.05, 4.69) is 9.97 Å². The van der Waals surface area contributed by atoms with Gasteiger partial charge in [0.15, 0.2) is 0 Å². The molecule has 5 heteroatoms. The van der Waals surface area contributed by atoms with Crippen LogP contribution in [-0.4, -0.2) is 15.9 Å². The molecule has 0 saturated heterocycles. The van der Waals surface area contributed by atoms with Crippen molar-refractivity contribution in [1.29, 1.82) is 0 Å². The normalized spacial score (nSPS) is 10.6. The minimum absolute atomic E-state index is 0.416. The Bertz CT molecular complexity index is 749. The second-order valence-corrected chi connectivity index (χ2v) is 3.99. The Morgan fingerprint density at radius 1 is 1.16 bits per heavy atom. The zero-order valence-corrected chi connectivity index (χ0v) is 10.2. The number of hydrogen-bond acceptors (Lipinski definition) is 5. The summed E-state index contributed by atoms with van der Waals surface area (Å²) in [6.07, 6.45) is 4.66. The Kier molecular flexibility index (Phi) is 2.72. The van der Waals surface area contributed by atoms with Crippen LogP contribution in [0.15, 0.2) is 47.3 Å². The quantitative estimate of drug-likeness (QED) is 0.519. The highest BCUT2D eigenvalue weighted by Gasteiger charge is 2.14. The van der Waals surface area contributed by atoms with Crippen LogP contribution in [0, 0.1) is 6.92 Å². The number of carbonyl (C=O) groups excluding carboxylic acids is 1. The van der Waals surface area contributed by atoms with Crippen LogP contribution in [0.4, 0.5) is 0 Å². The molecule has 0 radical (unpaired) electrons. The van der Waals surface area contributed by atoms with Gasteiger partial charge in [0.2, 0.25) is 0 Å². The lowest BCUT2D eigenvalue weighted by Crippen LogP contribution is -2.08. The SMILES string of the molecule is Cc1occc1C(=O)Oc1ccc2nccnc2c1. The smallest absolute Gasteiger partial charge is 0.347 e. The zero-order chi connectivity index (χ0) is 13.2. The van der Waals surface area contributed by atoms with E-state index in [0.29, 0.717) is 22.6 Å². The van der Waals surface area contributed by atoms with Crippen molar-refractivity contribution < 1.29 is 13.9 Å². The van der Waals surface area contributed by atoms with Crippen molar-refractivity contribution in [3.05, 3.63) is 54.2 Å². The Hall–Kier alpha value is -2.69. The van der Waals surface area contributed by atoms with Gasteiger partial charge in [-0.05, 0) is 25.1 Å². The molecule has 0 aliphatic rings. The number of ether oxygens (including phenoxy) is 1. The maximum atomic E-state index is 11.9. The summed E-state index contributed by atoms with van der Waals surface area (Å²) in [6.45, 7) is 1.71. The molecule has 0 saturated carbocycles. The van der Waals surface area contributed by atoms with E-state index in [-0.39, 0.29) is 0 Å². The highest BCUT2D eigenvalue weighted by Crippen LogP contribution is 2.19. The number of carbonyl (C=O) groups is 1. The molecule has 0 amide bonds. The molecule has 0 aliphatic heterocycles. The van der Waals surface area contributed by atoms with Gasteiger partial charge in [0, 0.05) is 18.5 Å². The predicted molar refractivity (Wildman–Crippen MR) is 67.9 cm³/mol. The van der Waals surface area contributed by atoms with Gasteiger partial charge < -0.3 is 9.15 Å². The third-order valence-corrected chi connectivity index (χ3v) is 2.73. The third-order valence-electron chi connectivity index (χ3n) is 2.73. The monoisotopic (exact) mass is 254 g/mol. The number of aryl methyl sites for hydroxylation is 1. The van der Waals surface area contributed by atoms with E-state index >= 15 is 0 Å². The van der Waals surface area contributed by atoms with Gasteiger partial charge >= 0.3 is 5.97 Å². The topological polar surface area (TPSA) is 65.2 Å². The summed E-state index contributed by atoms with van der Waals surface area (Å²) in [5, 5.41) is 0. The van der Waals surface area contributed by atoms with Gasteiger partial charge in [0.1, 0.15) is 17.1 Å². The summed E-state index contributed by atoms with van der Waals surface area (Å²) in [5.74, 6) is 0.513. The van der Waals surface area contributed by atoms with Gasteiger partial charge in [-0.15, -0.1) is 0 Å². The van der Waals surface area contributed by atoms with E-state index in [1.54, 1.807) is 43.6 Å². The molecule has 0 unspecified atom stereocenters. The van der Waals surface area contributed by atoms with Crippen molar-refractivity contribution in [1.82, 2.24) is 9.97 Å². The van der Waals surface area contributed by atoms with Crippen molar-refractivity contribution in [3.63, 3.8) is 0 Å². The Morgan fingerprint density at radius 3 is 2.68 bits per heavy atom. The average Bonchev–Trinajstić information content (AvgIpc) is 2.85. The Labute approximate surface area is 108 Å². The minimum Gasteiger partial charge on any atom is -0.469 e. The maximum absolute atomic E-state index is 11.9. The number of benzene rings is 1. The second-order valence-electron chi connectivity index (χ2n) is 3.99. The lowest BCUT2D eigenvalue weighted by molar-refractivity contribution is 0.0733. The fourth-order valence-corrected chi connectivity index (χ4v) is 1.77. The fraction of sp³-hybridized carbons (Fsp3) is 0.0714. The fourth-order valence-electron chi connectivity index (χ4n) is 1.77. The molecule has 3 rings (SSSR count). The van der Waals surface area contributed by atoms with Crippen molar-refractivity contribution >= 4 is 17.0 Å². The summed E-state index contributed by atoms with van der Waals surface area (Å²) >= 11 is 0. The van der Waals surface area contributed by atoms with Crippen molar-refractivity contribution in [2.75, 3.05) is 0 Å². The number of hydrogen-bond donors (Lipinski definition) is 0. The largest absolute Gasteiger partial charge is 0.469 e. The Morgan fingerprint density at radius 2 is 1.95 bits per heavy atom. The van der Waals surface area contributed by atoms with E-state index < -0.39 is 5.97 Å². The molecular formula is C14H10N2O3. The molecular weight excluding hydrogens is 244 g/mol. The predicted octanol–water partition coefficient (Wildman–Crippen LogP) is 2.75. The average molecular weight is 254 g/mol. The summed E-state index contributed by atoms with van der Waals surface area (Å²) in [7, 11) is 0. The summed E-state index contributed by atoms with van der Waals surface area (Å²) < 4.78 is 10.4. The highest BCUT2D eigenvalue weighted by molar-refractivity contribution is 5.92. The van der Waals surface area contributed by atoms with Crippen LogP contribution in [0.25, 0.3) is 11.0 Å². The van der Waals surface area contributed by atoms with E-state index in [9.17, 15) is 4.79 Å². The van der Waals surface area contributed by atoms with E-state index in [4.69, 9.17) is 9.15 Å². The molecule has 2 heterocycles. The highest BCUT2D eigenvalue weighted by atomic mass is 16.5. The summed E-state index contributed by atoms with van der Waals surface area (Å²) in [6, 6.07) is 6.70. The molecule has 0 N–H and O–H groups in total. The maximum Gasteiger partial charge on any atom is 0.347 e. The van der Waals surface area contributed by atoms with Crippen LogP contribution in [0.5, 0.6) is 5.75 Å². The van der Waals surface area contributed by atoms with Crippen LogP contribution in [0.3, 0.4) is 0 Å². The zero-order valence-electron chi connectivity index (χ0n) is 10.2. The molecule has 3 aromatic rings. The van der Waals surface area contributed by atoms with E-state index in [0.717, 1.165) is 5.52 Å². The van der Waals surface area contributed by atoms with Gasteiger partial charge in [0.05, 0.1) is 17.3 Å². The number of rotatable bonds is 2. The molecule has 1 aromatic carbocycles. The first kappa shape index (κ1) is 11.4. The molecule has 0 spiro atoms. The lowest BCUT2D eigenvalue weighted by Gasteiger charge is -2.04. The van der Waals surface area contributed by atoms with Gasteiger partial charge in [-0.25, -0.2) is 4.79 Å². The second kappa shape index (κ2) is 4.53. The number of furan rings is 1. The summed E-state index contributed by atoms with van der Waals surface area (Å²) in [4.78, 5) is 20.2.